The minimum absolute atomic E-state index is 0.102. The Kier molecular flexibility index (Phi) is 6.28. The third-order valence-corrected chi connectivity index (χ3v) is 10.9. The van der Waals surface area contributed by atoms with E-state index in [1.54, 1.807) is 11.3 Å². The number of fused-ring (bicyclic) bond motifs is 4. The van der Waals surface area contributed by atoms with E-state index in [4.69, 9.17) is 10.1 Å². The van der Waals surface area contributed by atoms with E-state index in [-0.39, 0.29) is 5.56 Å². The van der Waals surface area contributed by atoms with Crippen molar-refractivity contribution in [2.24, 2.45) is 25.9 Å². The van der Waals surface area contributed by atoms with Gasteiger partial charge in [-0.3, -0.25) is 14.2 Å². The molecule has 2 fully saturated rings. The molecule has 9 nitrogen and oxygen atoms in total. The summed E-state index contributed by atoms with van der Waals surface area (Å²) in [6.07, 6.45) is 17.6. The Bertz CT molecular complexity index is 1990. The Balaban J connectivity index is 0.991. The summed E-state index contributed by atoms with van der Waals surface area (Å²) in [5.41, 5.74) is 4.51. The molecule has 0 saturated heterocycles. The number of hydrogen-bond acceptors (Lipinski definition) is 6. The van der Waals surface area contributed by atoms with Crippen molar-refractivity contribution < 1.29 is 0 Å². The van der Waals surface area contributed by atoms with Gasteiger partial charge in [-0.25, -0.2) is 9.67 Å². The maximum absolute atomic E-state index is 13.5. The van der Waals surface area contributed by atoms with Crippen molar-refractivity contribution in [3.05, 3.63) is 69.5 Å². The second-order valence-electron chi connectivity index (χ2n) is 12.5. The van der Waals surface area contributed by atoms with Crippen LogP contribution in [0.1, 0.15) is 73.7 Å². The molecular weight excluding hydrogens is 544 g/mol. The largest absolute Gasteiger partial charge is 0.323 e. The number of thiazole rings is 1. The monoisotopic (exact) mass is 580 g/mol. The van der Waals surface area contributed by atoms with Crippen molar-refractivity contribution >= 4 is 43.5 Å². The highest BCUT2D eigenvalue weighted by Crippen LogP contribution is 2.40. The Morgan fingerprint density at radius 1 is 1.00 bits per heavy atom. The van der Waals surface area contributed by atoms with Crippen molar-refractivity contribution in [2.75, 3.05) is 0 Å². The van der Waals surface area contributed by atoms with Crippen molar-refractivity contribution in [1.82, 2.24) is 38.9 Å². The zero-order chi connectivity index (χ0) is 28.4. The van der Waals surface area contributed by atoms with Crippen LogP contribution in [0.2, 0.25) is 0 Å². The molecule has 1 aromatic carbocycles. The molecule has 0 spiro atoms. The Hall–Kier alpha value is -3.79. The molecule has 216 valence electrons. The summed E-state index contributed by atoms with van der Waals surface area (Å²) in [5, 5.41) is 16.8. The van der Waals surface area contributed by atoms with E-state index in [2.05, 4.69) is 33.2 Å². The molecule has 5 heterocycles. The van der Waals surface area contributed by atoms with Crippen LogP contribution in [0, 0.1) is 11.8 Å². The van der Waals surface area contributed by atoms with Crippen LogP contribution in [-0.2, 0) is 27.1 Å². The maximum Gasteiger partial charge on any atom is 0.291 e. The van der Waals surface area contributed by atoms with E-state index in [0.29, 0.717) is 24.5 Å². The number of rotatable bonds is 8. The highest BCUT2D eigenvalue weighted by Gasteiger charge is 2.28. The molecular formula is C32H36N8OS. The highest BCUT2D eigenvalue weighted by molar-refractivity contribution is 7.19. The molecule has 2 unspecified atom stereocenters. The van der Waals surface area contributed by atoms with Gasteiger partial charge in [0.15, 0.2) is 5.65 Å². The third kappa shape index (κ3) is 4.47. The molecule has 6 aromatic rings. The van der Waals surface area contributed by atoms with E-state index < -0.39 is 0 Å². The van der Waals surface area contributed by atoms with Crippen LogP contribution in [0.4, 0.5) is 0 Å². The average Bonchev–Trinajstić information content (AvgIpc) is 3.78. The molecule has 8 rings (SSSR count). The number of aromatic nitrogens is 8. The predicted octanol–water partition coefficient (Wildman–Crippen LogP) is 5.99. The van der Waals surface area contributed by atoms with Crippen LogP contribution in [0.25, 0.3) is 32.2 Å². The quantitative estimate of drug-likeness (QED) is 0.221. The smallest absolute Gasteiger partial charge is 0.291 e. The lowest BCUT2D eigenvalue weighted by Crippen LogP contribution is -2.24. The van der Waals surface area contributed by atoms with Gasteiger partial charge in [0.05, 0.1) is 40.9 Å². The van der Waals surface area contributed by atoms with E-state index in [9.17, 15) is 4.79 Å². The second kappa shape index (κ2) is 10.2. The Morgan fingerprint density at radius 3 is 2.74 bits per heavy atom. The first-order valence-corrected chi connectivity index (χ1v) is 16.1. The van der Waals surface area contributed by atoms with Gasteiger partial charge in [-0.2, -0.15) is 15.3 Å². The average molecular weight is 581 g/mol. The minimum atomic E-state index is -0.102. The summed E-state index contributed by atoms with van der Waals surface area (Å²) in [7, 11) is 3.86. The molecule has 0 bridgehead atoms. The zero-order valence-electron chi connectivity index (χ0n) is 24.2. The van der Waals surface area contributed by atoms with E-state index in [1.165, 1.54) is 56.0 Å². The predicted molar refractivity (Wildman–Crippen MR) is 166 cm³/mol. The summed E-state index contributed by atoms with van der Waals surface area (Å²) in [6.45, 7) is 0.405. The molecule has 0 aliphatic heterocycles. The SMILES string of the molecule is Cn1ncc2cc(Cn3ncc4c5sc(Cc6ccn(C7CCC(CCC8CCC8)C7)n6)nc5n(C)c4c3=O)ccc21. The van der Waals surface area contributed by atoms with E-state index in [0.717, 1.165) is 54.7 Å². The molecule has 2 atom stereocenters. The topological polar surface area (TPSA) is 88.3 Å². The summed E-state index contributed by atoms with van der Waals surface area (Å²) in [5.74, 6) is 1.88. The molecule has 5 aromatic heterocycles. The van der Waals surface area contributed by atoms with Gasteiger partial charge in [0, 0.05) is 37.5 Å². The lowest BCUT2D eigenvalue weighted by Gasteiger charge is -2.26. The van der Waals surface area contributed by atoms with Gasteiger partial charge in [-0.05, 0) is 54.9 Å². The van der Waals surface area contributed by atoms with Gasteiger partial charge in [0.2, 0.25) is 0 Å². The summed E-state index contributed by atoms with van der Waals surface area (Å²) in [4.78, 5) is 18.5. The first-order valence-electron chi connectivity index (χ1n) is 15.3. The number of hydrogen-bond donors (Lipinski definition) is 0. The fourth-order valence-electron chi connectivity index (χ4n) is 7.14. The van der Waals surface area contributed by atoms with E-state index in [1.807, 2.05) is 47.9 Å². The van der Waals surface area contributed by atoms with Gasteiger partial charge in [-0.15, -0.1) is 11.3 Å². The summed E-state index contributed by atoms with van der Waals surface area (Å²) in [6, 6.07) is 8.82. The van der Waals surface area contributed by atoms with Crippen LogP contribution in [0.15, 0.2) is 47.7 Å². The third-order valence-electron chi connectivity index (χ3n) is 9.80. The van der Waals surface area contributed by atoms with Crippen molar-refractivity contribution in [3.8, 4) is 0 Å². The molecule has 0 amide bonds. The molecule has 0 radical (unpaired) electrons. The highest BCUT2D eigenvalue weighted by atomic mass is 32.1. The van der Waals surface area contributed by atoms with Crippen LogP contribution in [0.3, 0.4) is 0 Å². The van der Waals surface area contributed by atoms with Crippen LogP contribution in [0.5, 0.6) is 0 Å². The Labute approximate surface area is 247 Å². The zero-order valence-corrected chi connectivity index (χ0v) is 25.1. The van der Waals surface area contributed by atoms with Crippen LogP contribution in [-0.4, -0.2) is 38.9 Å². The number of benzene rings is 1. The number of nitrogens with zero attached hydrogens (tertiary/aromatic N) is 8. The normalized spacial score (nSPS) is 19.5. The standard InChI is InChI=1S/C32H36N8OS/c1-37-29-26(18-34-40(32(29)41)19-22-9-11-27-23(14-22)17-33-38(27)2)30-31(37)35-28(42-30)16-24-12-13-39(36-24)25-10-8-21(15-25)7-6-20-4-3-5-20/h9,11-14,17-18,20-21,25H,3-8,10,15-16,19H2,1-2H3. The molecule has 2 aliphatic rings. The first-order chi connectivity index (χ1) is 20.5. The molecule has 42 heavy (non-hydrogen) atoms. The molecule has 2 saturated carbocycles. The Morgan fingerprint density at radius 2 is 1.88 bits per heavy atom. The van der Waals surface area contributed by atoms with Gasteiger partial charge in [-0.1, -0.05) is 38.2 Å². The minimum Gasteiger partial charge on any atom is -0.323 e. The van der Waals surface area contributed by atoms with Gasteiger partial charge in [0.25, 0.3) is 5.56 Å². The summed E-state index contributed by atoms with van der Waals surface area (Å²) >= 11 is 1.64. The number of aryl methyl sites for hydroxylation is 2. The fraction of sp³-hybridized carbons (Fsp3) is 0.469. The second-order valence-corrected chi connectivity index (χ2v) is 13.6. The van der Waals surface area contributed by atoms with Crippen LogP contribution >= 0.6 is 11.3 Å². The molecule has 2 aliphatic carbocycles. The van der Waals surface area contributed by atoms with E-state index >= 15 is 0 Å². The van der Waals surface area contributed by atoms with Gasteiger partial charge in [0.1, 0.15) is 10.5 Å². The van der Waals surface area contributed by atoms with Gasteiger partial charge >= 0.3 is 0 Å². The fourth-order valence-corrected chi connectivity index (χ4v) is 8.26. The summed E-state index contributed by atoms with van der Waals surface area (Å²) < 4.78 is 8.54. The lowest BCUT2D eigenvalue weighted by atomic mass is 9.80. The van der Waals surface area contributed by atoms with Crippen molar-refractivity contribution in [3.63, 3.8) is 0 Å². The lowest BCUT2D eigenvalue weighted by molar-refractivity contribution is 0.268. The van der Waals surface area contributed by atoms with Crippen LogP contribution < -0.4 is 5.56 Å². The molecule has 0 N–H and O–H groups in total. The van der Waals surface area contributed by atoms with Crippen molar-refractivity contribution in [2.45, 2.75) is 70.4 Å². The van der Waals surface area contributed by atoms with Crippen molar-refractivity contribution in [1.29, 1.82) is 0 Å². The maximum atomic E-state index is 13.5. The van der Waals surface area contributed by atoms with Gasteiger partial charge < -0.3 is 4.57 Å². The molecule has 10 heteroatoms. The first kappa shape index (κ1) is 25.9.